The first-order chi connectivity index (χ1) is 11.2. The zero-order chi connectivity index (χ0) is 16.7. The van der Waals surface area contributed by atoms with Gasteiger partial charge in [0.2, 0.25) is 0 Å². The third kappa shape index (κ3) is 4.70. The number of hydrogen-bond acceptors (Lipinski definition) is 3. The third-order valence-corrected chi connectivity index (χ3v) is 3.96. The summed E-state index contributed by atoms with van der Waals surface area (Å²) < 4.78 is 24.6. The number of halogens is 1. The number of hydrogen-bond donors (Lipinski definition) is 1. The summed E-state index contributed by atoms with van der Waals surface area (Å²) in [6, 6.07) is 12.5. The predicted octanol–water partition coefficient (Wildman–Crippen LogP) is 4.04. The minimum absolute atomic E-state index is 0.0566. The molecule has 2 N–H and O–H groups in total. The van der Waals surface area contributed by atoms with Crippen molar-refractivity contribution in [3.8, 4) is 11.5 Å². The van der Waals surface area contributed by atoms with Gasteiger partial charge < -0.3 is 15.2 Å². The maximum absolute atomic E-state index is 13.5. The Morgan fingerprint density at radius 2 is 1.91 bits per heavy atom. The summed E-state index contributed by atoms with van der Waals surface area (Å²) in [6.07, 6.45) is 1.66. The predicted molar refractivity (Wildman–Crippen MR) is 90.7 cm³/mol. The van der Waals surface area contributed by atoms with Crippen LogP contribution in [0.2, 0.25) is 0 Å². The van der Waals surface area contributed by atoms with Gasteiger partial charge in [-0.1, -0.05) is 18.2 Å². The standard InChI is InChI=1S/C19H24FNO2/c1-14-6-3-4-8-18(14)23-11-5-7-15(13-21)17-12-16(20)9-10-19(17)22-2/h3-4,6,8-10,12,15H,5,7,11,13,21H2,1-2H3. The molecule has 0 spiro atoms. The summed E-state index contributed by atoms with van der Waals surface area (Å²) in [5.74, 6) is 1.37. The van der Waals surface area contributed by atoms with Gasteiger partial charge in [0.1, 0.15) is 17.3 Å². The van der Waals surface area contributed by atoms with Crippen LogP contribution in [0.1, 0.15) is 29.9 Å². The number of nitrogens with two attached hydrogens (primary N) is 1. The lowest BCUT2D eigenvalue weighted by Crippen LogP contribution is -2.15. The summed E-state index contributed by atoms with van der Waals surface area (Å²) in [6.45, 7) is 3.08. The van der Waals surface area contributed by atoms with Crippen LogP contribution in [0, 0.1) is 12.7 Å². The molecule has 23 heavy (non-hydrogen) atoms. The smallest absolute Gasteiger partial charge is 0.123 e. The lowest BCUT2D eigenvalue weighted by Gasteiger charge is -2.18. The highest BCUT2D eigenvalue weighted by molar-refractivity contribution is 5.37. The maximum atomic E-state index is 13.5. The highest BCUT2D eigenvalue weighted by Gasteiger charge is 2.15. The topological polar surface area (TPSA) is 44.5 Å². The molecule has 0 aliphatic carbocycles. The van der Waals surface area contributed by atoms with Gasteiger partial charge in [-0.2, -0.15) is 0 Å². The van der Waals surface area contributed by atoms with E-state index in [0.29, 0.717) is 18.9 Å². The van der Waals surface area contributed by atoms with Gasteiger partial charge in [0.05, 0.1) is 13.7 Å². The van der Waals surface area contributed by atoms with E-state index in [9.17, 15) is 4.39 Å². The molecule has 0 radical (unpaired) electrons. The van der Waals surface area contributed by atoms with Crippen LogP contribution < -0.4 is 15.2 Å². The van der Waals surface area contributed by atoms with Crippen LogP contribution in [0.5, 0.6) is 11.5 Å². The maximum Gasteiger partial charge on any atom is 0.123 e. The normalized spacial score (nSPS) is 12.0. The Bertz CT molecular complexity index is 631. The fourth-order valence-electron chi connectivity index (χ4n) is 2.65. The quantitative estimate of drug-likeness (QED) is 0.747. The van der Waals surface area contributed by atoms with Gasteiger partial charge in [0, 0.05) is 11.5 Å². The van der Waals surface area contributed by atoms with E-state index in [2.05, 4.69) is 0 Å². The van der Waals surface area contributed by atoms with Crippen molar-refractivity contribution in [2.75, 3.05) is 20.3 Å². The van der Waals surface area contributed by atoms with Crippen molar-refractivity contribution in [1.82, 2.24) is 0 Å². The second-order valence-electron chi connectivity index (χ2n) is 5.58. The molecule has 0 amide bonds. The van der Waals surface area contributed by atoms with Gasteiger partial charge in [-0.15, -0.1) is 0 Å². The van der Waals surface area contributed by atoms with Crippen molar-refractivity contribution >= 4 is 0 Å². The van der Waals surface area contributed by atoms with Crippen LogP contribution in [-0.4, -0.2) is 20.3 Å². The number of para-hydroxylation sites is 1. The lowest BCUT2D eigenvalue weighted by molar-refractivity contribution is 0.299. The number of aryl methyl sites for hydroxylation is 1. The van der Waals surface area contributed by atoms with Gasteiger partial charge in [-0.25, -0.2) is 4.39 Å². The molecule has 1 unspecified atom stereocenters. The van der Waals surface area contributed by atoms with Crippen LogP contribution in [0.15, 0.2) is 42.5 Å². The molecule has 0 aliphatic rings. The van der Waals surface area contributed by atoms with Gasteiger partial charge in [0.25, 0.3) is 0 Å². The van der Waals surface area contributed by atoms with Crippen LogP contribution >= 0.6 is 0 Å². The van der Waals surface area contributed by atoms with Gasteiger partial charge in [0.15, 0.2) is 0 Å². The minimum atomic E-state index is -0.268. The van der Waals surface area contributed by atoms with Crippen LogP contribution in [0.4, 0.5) is 4.39 Å². The molecule has 4 heteroatoms. The second-order valence-corrected chi connectivity index (χ2v) is 5.58. The van der Waals surface area contributed by atoms with E-state index in [1.54, 1.807) is 13.2 Å². The van der Waals surface area contributed by atoms with E-state index in [1.807, 2.05) is 31.2 Å². The third-order valence-electron chi connectivity index (χ3n) is 3.96. The van der Waals surface area contributed by atoms with Crippen LogP contribution in [-0.2, 0) is 0 Å². The van der Waals surface area contributed by atoms with Crippen molar-refractivity contribution in [1.29, 1.82) is 0 Å². The Morgan fingerprint density at radius 3 is 2.61 bits per heavy atom. The van der Waals surface area contributed by atoms with Gasteiger partial charge in [-0.3, -0.25) is 0 Å². The summed E-state index contributed by atoms with van der Waals surface area (Å²) in [4.78, 5) is 0. The van der Waals surface area contributed by atoms with E-state index in [4.69, 9.17) is 15.2 Å². The molecule has 0 fully saturated rings. The van der Waals surface area contributed by atoms with E-state index >= 15 is 0 Å². The van der Waals surface area contributed by atoms with Crippen molar-refractivity contribution in [2.45, 2.75) is 25.7 Å². The lowest BCUT2D eigenvalue weighted by atomic mass is 9.93. The zero-order valence-electron chi connectivity index (χ0n) is 13.7. The Hall–Kier alpha value is -2.07. The van der Waals surface area contributed by atoms with Crippen molar-refractivity contribution in [3.63, 3.8) is 0 Å². The van der Waals surface area contributed by atoms with Crippen LogP contribution in [0.3, 0.4) is 0 Å². The largest absolute Gasteiger partial charge is 0.496 e. The number of rotatable bonds is 8. The van der Waals surface area contributed by atoms with Crippen molar-refractivity contribution in [2.24, 2.45) is 5.73 Å². The van der Waals surface area contributed by atoms with Crippen molar-refractivity contribution < 1.29 is 13.9 Å². The SMILES string of the molecule is COc1ccc(F)cc1C(CN)CCCOc1ccccc1C. The molecule has 0 saturated carbocycles. The fraction of sp³-hybridized carbons (Fsp3) is 0.368. The van der Waals surface area contributed by atoms with E-state index in [1.165, 1.54) is 12.1 Å². The van der Waals surface area contributed by atoms with Crippen LogP contribution in [0.25, 0.3) is 0 Å². The number of benzene rings is 2. The molecule has 0 bridgehead atoms. The number of methoxy groups -OCH3 is 1. The monoisotopic (exact) mass is 317 g/mol. The molecular weight excluding hydrogens is 293 g/mol. The van der Waals surface area contributed by atoms with E-state index in [0.717, 1.165) is 29.7 Å². The minimum Gasteiger partial charge on any atom is -0.496 e. The summed E-state index contributed by atoms with van der Waals surface area (Å²) in [5.41, 5.74) is 7.82. The average molecular weight is 317 g/mol. The molecule has 124 valence electrons. The Morgan fingerprint density at radius 1 is 1.13 bits per heavy atom. The molecule has 2 rings (SSSR count). The Balaban J connectivity index is 1.93. The molecule has 2 aromatic carbocycles. The summed E-state index contributed by atoms with van der Waals surface area (Å²) in [7, 11) is 1.59. The number of ether oxygens (including phenoxy) is 2. The highest BCUT2D eigenvalue weighted by atomic mass is 19.1. The first-order valence-electron chi connectivity index (χ1n) is 7.87. The Kier molecular flexibility index (Phi) is 6.41. The zero-order valence-corrected chi connectivity index (χ0v) is 13.7. The first kappa shape index (κ1) is 17.3. The fourth-order valence-corrected chi connectivity index (χ4v) is 2.65. The molecular formula is C19H24FNO2. The molecule has 2 aromatic rings. The van der Waals surface area contributed by atoms with Gasteiger partial charge in [-0.05, 0) is 56.1 Å². The average Bonchev–Trinajstić information content (AvgIpc) is 2.56. The molecule has 0 heterocycles. The summed E-state index contributed by atoms with van der Waals surface area (Å²) >= 11 is 0. The summed E-state index contributed by atoms with van der Waals surface area (Å²) in [5, 5.41) is 0. The highest BCUT2D eigenvalue weighted by Crippen LogP contribution is 2.30. The molecule has 0 aromatic heterocycles. The van der Waals surface area contributed by atoms with Gasteiger partial charge >= 0.3 is 0 Å². The Labute approximate surface area is 137 Å². The molecule has 0 aliphatic heterocycles. The second kappa shape index (κ2) is 8.53. The van der Waals surface area contributed by atoms with E-state index < -0.39 is 0 Å². The molecule has 0 saturated heterocycles. The van der Waals surface area contributed by atoms with Crippen molar-refractivity contribution in [3.05, 3.63) is 59.4 Å². The van der Waals surface area contributed by atoms with E-state index in [-0.39, 0.29) is 11.7 Å². The molecule has 3 nitrogen and oxygen atoms in total. The molecule has 1 atom stereocenters. The first-order valence-corrected chi connectivity index (χ1v) is 7.87.